The second kappa shape index (κ2) is 6.16. The first kappa shape index (κ1) is 15.7. The molecular weight excluding hydrogens is 306 g/mol. The van der Waals surface area contributed by atoms with Crippen molar-refractivity contribution in [3.63, 3.8) is 0 Å². The fourth-order valence-electron chi connectivity index (χ4n) is 2.88. The minimum absolute atomic E-state index is 0.0409. The van der Waals surface area contributed by atoms with Gasteiger partial charge in [-0.1, -0.05) is 30.3 Å². The fraction of sp³-hybridized carbons (Fsp3) is 0.167. The van der Waals surface area contributed by atoms with E-state index in [9.17, 15) is 14.9 Å². The summed E-state index contributed by atoms with van der Waals surface area (Å²) in [6.45, 7) is 5.74. The van der Waals surface area contributed by atoms with Crippen LogP contribution in [0, 0.1) is 17.0 Å². The smallest absolute Gasteiger partial charge is 0.272 e. The summed E-state index contributed by atoms with van der Waals surface area (Å²) in [5.74, 6) is -0.127. The van der Waals surface area contributed by atoms with Crippen LogP contribution in [0.4, 0.5) is 11.4 Å². The summed E-state index contributed by atoms with van der Waals surface area (Å²) in [5, 5.41) is 14.5. The maximum absolute atomic E-state index is 12.8. The van der Waals surface area contributed by atoms with Gasteiger partial charge in [-0.2, -0.15) is 0 Å². The summed E-state index contributed by atoms with van der Waals surface area (Å²) in [6, 6.07) is 12.3. The van der Waals surface area contributed by atoms with Gasteiger partial charge in [-0.05, 0) is 19.1 Å². The second-order valence-corrected chi connectivity index (χ2v) is 5.64. The van der Waals surface area contributed by atoms with Gasteiger partial charge >= 0.3 is 0 Å². The van der Waals surface area contributed by atoms with Crippen LogP contribution in [0.15, 0.2) is 55.1 Å². The predicted octanol–water partition coefficient (Wildman–Crippen LogP) is 3.66. The number of nitro benzene ring substituents is 1. The number of hydrogen-bond acceptors (Lipinski definition) is 4. The number of rotatable bonds is 4. The lowest BCUT2D eigenvalue weighted by molar-refractivity contribution is -0.385. The number of para-hydroxylation sites is 1. The molecule has 122 valence electrons. The number of amides is 1. The molecule has 0 saturated heterocycles. The minimum Gasteiger partial charge on any atom is -0.361 e. The molecular formula is C18H17N3O3. The van der Waals surface area contributed by atoms with Crippen molar-refractivity contribution in [3.8, 4) is 0 Å². The Balaban J connectivity index is 2.09. The number of nitrogens with one attached hydrogen (secondary N) is 1. The molecule has 1 heterocycles. The molecule has 0 bridgehead atoms. The summed E-state index contributed by atoms with van der Waals surface area (Å²) >= 11 is 0. The van der Waals surface area contributed by atoms with Gasteiger partial charge in [-0.3, -0.25) is 14.9 Å². The summed E-state index contributed by atoms with van der Waals surface area (Å²) in [6.07, 6.45) is 1.16. The maximum Gasteiger partial charge on any atom is 0.272 e. The number of anilines is 1. The van der Waals surface area contributed by atoms with Crippen molar-refractivity contribution in [1.29, 1.82) is 0 Å². The molecule has 1 amide bonds. The van der Waals surface area contributed by atoms with E-state index in [0.29, 0.717) is 23.2 Å². The average molecular weight is 323 g/mol. The summed E-state index contributed by atoms with van der Waals surface area (Å²) in [5.41, 5.74) is 2.59. The van der Waals surface area contributed by atoms with E-state index in [1.807, 2.05) is 18.2 Å². The molecule has 1 aliphatic heterocycles. The van der Waals surface area contributed by atoms with Crippen LogP contribution in [0.3, 0.4) is 0 Å². The zero-order valence-electron chi connectivity index (χ0n) is 13.2. The standard InChI is InChI=1S/C18H17N3O3/c1-3-10-20-17(13-9-8-12(2)16(11-13)21(23)24)19-15-7-5-4-6-14(15)18(20)22/h3-9,11,17,19H,1,10H2,2H3. The van der Waals surface area contributed by atoms with Gasteiger partial charge in [0.05, 0.1) is 10.5 Å². The largest absolute Gasteiger partial charge is 0.361 e. The van der Waals surface area contributed by atoms with Gasteiger partial charge < -0.3 is 10.2 Å². The summed E-state index contributed by atoms with van der Waals surface area (Å²) in [7, 11) is 0. The number of carbonyl (C=O) groups is 1. The van der Waals surface area contributed by atoms with E-state index in [2.05, 4.69) is 11.9 Å². The van der Waals surface area contributed by atoms with E-state index >= 15 is 0 Å². The molecule has 0 aromatic heterocycles. The van der Waals surface area contributed by atoms with Crippen molar-refractivity contribution in [1.82, 2.24) is 4.90 Å². The molecule has 6 heteroatoms. The van der Waals surface area contributed by atoms with Crippen LogP contribution in [0.5, 0.6) is 0 Å². The molecule has 1 unspecified atom stereocenters. The first-order chi connectivity index (χ1) is 11.5. The topological polar surface area (TPSA) is 75.5 Å². The van der Waals surface area contributed by atoms with Crippen molar-refractivity contribution in [2.75, 3.05) is 11.9 Å². The Bertz CT molecular complexity index is 832. The highest BCUT2D eigenvalue weighted by molar-refractivity contribution is 6.01. The quantitative estimate of drug-likeness (QED) is 0.529. The number of nitro groups is 1. The lowest BCUT2D eigenvalue weighted by Crippen LogP contribution is -2.43. The molecule has 0 aliphatic carbocycles. The second-order valence-electron chi connectivity index (χ2n) is 5.64. The number of aryl methyl sites for hydroxylation is 1. The molecule has 1 N–H and O–H groups in total. The Kier molecular flexibility index (Phi) is 4.04. The highest BCUT2D eigenvalue weighted by Crippen LogP contribution is 2.34. The molecule has 0 spiro atoms. The molecule has 0 fully saturated rings. The van der Waals surface area contributed by atoms with Crippen LogP contribution >= 0.6 is 0 Å². The first-order valence-electron chi connectivity index (χ1n) is 7.55. The third kappa shape index (κ3) is 2.62. The molecule has 24 heavy (non-hydrogen) atoms. The summed E-state index contributed by atoms with van der Waals surface area (Å²) in [4.78, 5) is 25.2. The number of benzene rings is 2. The first-order valence-corrected chi connectivity index (χ1v) is 7.55. The number of carbonyl (C=O) groups excluding carboxylic acids is 1. The Morgan fingerprint density at radius 2 is 2.08 bits per heavy atom. The lowest BCUT2D eigenvalue weighted by Gasteiger charge is -2.37. The van der Waals surface area contributed by atoms with Gasteiger partial charge in [0.1, 0.15) is 6.17 Å². The zero-order chi connectivity index (χ0) is 17.3. The van der Waals surface area contributed by atoms with Gasteiger partial charge in [0.15, 0.2) is 0 Å². The molecule has 0 saturated carbocycles. The van der Waals surface area contributed by atoms with Gasteiger partial charge in [-0.15, -0.1) is 6.58 Å². The van der Waals surface area contributed by atoms with Crippen LogP contribution in [0.2, 0.25) is 0 Å². The van der Waals surface area contributed by atoms with Gasteiger partial charge in [0, 0.05) is 29.4 Å². The van der Waals surface area contributed by atoms with Crippen molar-refractivity contribution in [2.24, 2.45) is 0 Å². The molecule has 0 radical (unpaired) electrons. The zero-order valence-corrected chi connectivity index (χ0v) is 13.2. The average Bonchev–Trinajstić information content (AvgIpc) is 2.57. The van der Waals surface area contributed by atoms with Gasteiger partial charge in [-0.25, -0.2) is 0 Å². The Hall–Kier alpha value is -3.15. The summed E-state index contributed by atoms with van der Waals surface area (Å²) < 4.78 is 0. The van der Waals surface area contributed by atoms with Crippen molar-refractivity contribution < 1.29 is 9.72 Å². The number of nitrogens with zero attached hydrogens (tertiary/aromatic N) is 2. The van der Waals surface area contributed by atoms with Gasteiger partial charge in [0.25, 0.3) is 11.6 Å². The van der Waals surface area contributed by atoms with Crippen LogP contribution in [0.25, 0.3) is 0 Å². The van der Waals surface area contributed by atoms with Crippen LogP contribution in [-0.2, 0) is 0 Å². The van der Waals surface area contributed by atoms with Gasteiger partial charge in [0.2, 0.25) is 0 Å². The van der Waals surface area contributed by atoms with E-state index in [-0.39, 0.29) is 11.6 Å². The highest BCUT2D eigenvalue weighted by atomic mass is 16.6. The van der Waals surface area contributed by atoms with Crippen LogP contribution in [-0.4, -0.2) is 22.3 Å². The molecule has 3 rings (SSSR count). The van der Waals surface area contributed by atoms with Crippen molar-refractivity contribution >= 4 is 17.3 Å². The monoisotopic (exact) mass is 323 g/mol. The minimum atomic E-state index is -0.482. The maximum atomic E-state index is 12.8. The molecule has 6 nitrogen and oxygen atoms in total. The third-order valence-electron chi connectivity index (χ3n) is 4.09. The lowest BCUT2D eigenvalue weighted by atomic mass is 10.0. The number of fused-ring (bicyclic) bond motifs is 1. The molecule has 2 aromatic carbocycles. The molecule has 2 aromatic rings. The van der Waals surface area contributed by atoms with Crippen molar-refractivity contribution in [3.05, 3.63) is 81.9 Å². The van der Waals surface area contributed by atoms with Crippen molar-refractivity contribution in [2.45, 2.75) is 13.1 Å². The van der Waals surface area contributed by atoms with E-state index in [4.69, 9.17) is 0 Å². The molecule has 1 atom stereocenters. The highest BCUT2D eigenvalue weighted by Gasteiger charge is 2.32. The van der Waals surface area contributed by atoms with E-state index < -0.39 is 11.1 Å². The molecule has 1 aliphatic rings. The fourth-order valence-corrected chi connectivity index (χ4v) is 2.88. The SMILES string of the molecule is C=CCN1C(=O)c2ccccc2NC1c1ccc(C)c([N+](=O)[O-])c1. The number of hydrogen-bond donors (Lipinski definition) is 1. The Labute approximate surface area is 139 Å². The van der Waals surface area contributed by atoms with Crippen LogP contribution < -0.4 is 5.32 Å². The van der Waals surface area contributed by atoms with E-state index in [1.54, 1.807) is 36.1 Å². The Morgan fingerprint density at radius 3 is 2.79 bits per heavy atom. The van der Waals surface area contributed by atoms with E-state index in [0.717, 1.165) is 5.69 Å². The van der Waals surface area contributed by atoms with E-state index in [1.165, 1.54) is 6.07 Å². The van der Waals surface area contributed by atoms with Crippen LogP contribution in [0.1, 0.15) is 27.7 Å². The third-order valence-corrected chi connectivity index (χ3v) is 4.09. The predicted molar refractivity (Wildman–Crippen MR) is 91.9 cm³/mol. The Morgan fingerprint density at radius 1 is 1.33 bits per heavy atom. The normalized spacial score (nSPS) is 16.3.